The van der Waals surface area contributed by atoms with Crippen LogP contribution < -0.4 is 15.4 Å². The molecule has 36 heavy (non-hydrogen) atoms. The number of halogens is 1. The Balaban J connectivity index is 1.89. The van der Waals surface area contributed by atoms with Crippen LogP contribution >= 0.6 is 23.4 Å². The third-order valence-corrected chi connectivity index (χ3v) is 6.90. The van der Waals surface area contributed by atoms with Gasteiger partial charge < -0.3 is 20.1 Å². The number of benzene rings is 2. The normalized spacial score (nSPS) is 17.1. The van der Waals surface area contributed by atoms with E-state index in [-0.39, 0.29) is 27.3 Å². The lowest BCUT2D eigenvalue weighted by atomic mass is 9.78. The monoisotopic (exact) mass is 527 g/mol. The Morgan fingerprint density at radius 3 is 2.50 bits per heavy atom. The number of allylic oxidation sites excluding steroid dienone is 1. The van der Waals surface area contributed by atoms with Crippen LogP contribution in [0.25, 0.3) is 0 Å². The van der Waals surface area contributed by atoms with Gasteiger partial charge in [-0.1, -0.05) is 48.5 Å². The summed E-state index contributed by atoms with van der Waals surface area (Å²) >= 11 is 7.36. The number of hydrogen-bond donors (Lipinski definition) is 2. The Kier molecular flexibility index (Phi) is 9.39. The van der Waals surface area contributed by atoms with E-state index in [4.69, 9.17) is 21.1 Å². The first-order valence-electron chi connectivity index (χ1n) is 11.3. The molecule has 2 aromatic rings. The average Bonchev–Trinajstić information content (AvgIpc) is 2.88. The molecule has 2 amide bonds. The van der Waals surface area contributed by atoms with E-state index in [1.54, 1.807) is 18.2 Å². The van der Waals surface area contributed by atoms with Crippen LogP contribution in [0.5, 0.6) is 5.75 Å². The maximum Gasteiger partial charge on any atom is 0.319 e. The summed E-state index contributed by atoms with van der Waals surface area (Å²) in [6, 6.07) is 14.4. The number of methoxy groups -OCH3 is 1. The molecule has 0 fully saturated rings. The second-order valence-corrected chi connectivity index (χ2v) is 9.23. The number of carbonyl (C=O) groups is 3. The molecule has 0 saturated carbocycles. The Labute approximate surface area is 219 Å². The van der Waals surface area contributed by atoms with Crippen LogP contribution in [0.1, 0.15) is 30.9 Å². The molecular weight excluding hydrogens is 502 g/mol. The number of anilines is 1. The number of nitriles is 1. The molecule has 0 unspecified atom stereocenters. The summed E-state index contributed by atoms with van der Waals surface area (Å²) < 4.78 is 10.3. The van der Waals surface area contributed by atoms with E-state index < -0.39 is 23.7 Å². The van der Waals surface area contributed by atoms with Crippen LogP contribution in [0.2, 0.25) is 5.02 Å². The number of amides is 2. The van der Waals surface area contributed by atoms with Crippen molar-refractivity contribution >= 4 is 46.8 Å². The number of ether oxygens (including phenoxy) is 2. The summed E-state index contributed by atoms with van der Waals surface area (Å²) in [5.74, 6) is -3.58. The van der Waals surface area contributed by atoms with Gasteiger partial charge >= 0.3 is 5.97 Å². The molecule has 10 heteroatoms. The van der Waals surface area contributed by atoms with Crippen molar-refractivity contribution in [3.05, 3.63) is 69.2 Å². The number of esters is 1. The predicted octanol–water partition coefficient (Wildman–Crippen LogP) is 4.41. The van der Waals surface area contributed by atoms with Crippen molar-refractivity contribution in [3.8, 4) is 11.8 Å². The quantitative estimate of drug-likeness (QED) is 0.366. The van der Waals surface area contributed by atoms with Gasteiger partial charge in [0.2, 0.25) is 11.8 Å². The third kappa shape index (κ3) is 6.20. The molecule has 0 bridgehead atoms. The summed E-state index contributed by atoms with van der Waals surface area (Å²) in [6.07, 6.45) is 0.891. The molecule has 3 rings (SSSR count). The van der Waals surface area contributed by atoms with Crippen molar-refractivity contribution in [1.82, 2.24) is 5.32 Å². The standard InChI is InChI=1S/C26H26ClN3O5S/c1-4-15-6-9-17(10-7-15)29-21(31)14-36-25-18(13-28)22(23(24(32)30-25)26(33)34-3)16-8-11-20(35-5-2)19(27)12-16/h6-12,22-23H,4-5,14H2,1-3H3,(H,29,31)(H,30,32)/t22-,23-/m1/s1. The van der Waals surface area contributed by atoms with Gasteiger partial charge in [0, 0.05) is 11.6 Å². The minimum absolute atomic E-state index is 0.0596. The van der Waals surface area contributed by atoms with Crippen molar-refractivity contribution in [2.24, 2.45) is 5.92 Å². The number of carbonyl (C=O) groups excluding carboxylic acids is 3. The second-order valence-electron chi connectivity index (χ2n) is 7.83. The van der Waals surface area contributed by atoms with Crippen molar-refractivity contribution in [2.75, 3.05) is 24.8 Å². The SMILES string of the molecule is CCOc1ccc([C@@H]2C(C#N)=C(SCC(=O)Nc3ccc(CC)cc3)NC(=O)[C@@H]2C(=O)OC)cc1Cl. The van der Waals surface area contributed by atoms with Crippen LogP contribution in [0, 0.1) is 17.2 Å². The largest absolute Gasteiger partial charge is 0.492 e. The Morgan fingerprint density at radius 1 is 1.19 bits per heavy atom. The Bertz CT molecular complexity index is 1220. The summed E-state index contributed by atoms with van der Waals surface area (Å²) in [5.41, 5.74) is 2.41. The zero-order valence-corrected chi connectivity index (χ0v) is 21.7. The van der Waals surface area contributed by atoms with Gasteiger partial charge in [0.05, 0.1) is 41.2 Å². The van der Waals surface area contributed by atoms with Gasteiger partial charge in [0.25, 0.3) is 0 Å². The minimum atomic E-state index is -1.30. The lowest BCUT2D eigenvalue weighted by Gasteiger charge is -2.31. The highest BCUT2D eigenvalue weighted by molar-refractivity contribution is 8.03. The van der Waals surface area contributed by atoms with E-state index >= 15 is 0 Å². The van der Waals surface area contributed by atoms with E-state index in [1.165, 1.54) is 7.11 Å². The van der Waals surface area contributed by atoms with Crippen molar-refractivity contribution in [2.45, 2.75) is 26.2 Å². The molecule has 2 N–H and O–H groups in total. The molecule has 0 aliphatic carbocycles. The molecule has 188 valence electrons. The van der Waals surface area contributed by atoms with Gasteiger partial charge in [0.1, 0.15) is 11.7 Å². The number of nitrogens with one attached hydrogen (secondary N) is 2. The molecule has 1 aliphatic heterocycles. The van der Waals surface area contributed by atoms with Gasteiger partial charge in [-0.25, -0.2) is 0 Å². The lowest BCUT2D eigenvalue weighted by Crippen LogP contribution is -2.44. The van der Waals surface area contributed by atoms with Crippen LogP contribution in [0.3, 0.4) is 0 Å². The first kappa shape index (κ1) is 27.1. The molecule has 0 saturated heterocycles. The van der Waals surface area contributed by atoms with E-state index in [0.29, 0.717) is 23.6 Å². The summed E-state index contributed by atoms with van der Waals surface area (Å²) in [5, 5.41) is 15.9. The minimum Gasteiger partial charge on any atom is -0.492 e. The fourth-order valence-corrected chi connectivity index (χ4v) is 4.91. The number of thioether (sulfide) groups is 1. The lowest BCUT2D eigenvalue weighted by molar-refractivity contribution is -0.150. The van der Waals surface area contributed by atoms with Crippen LogP contribution in [-0.2, 0) is 25.5 Å². The van der Waals surface area contributed by atoms with Crippen molar-refractivity contribution in [3.63, 3.8) is 0 Å². The van der Waals surface area contributed by atoms with Crippen LogP contribution in [0.15, 0.2) is 53.1 Å². The van der Waals surface area contributed by atoms with Crippen molar-refractivity contribution < 1.29 is 23.9 Å². The number of aryl methyl sites for hydroxylation is 1. The first-order chi connectivity index (χ1) is 17.3. The van der Waals surface area contributed by atoms with Gasteiger partial charge in [-0.15, -0.1) is 0 Å². The van der Waals surface area contributed by atoms with Crippen LogP contribution in [0.4, 0.5) is 5.69 Å². The molecule has 1 heterocycles. The molecule has 0 radical (unpaired) electrons. The van der Waals surface area contributed by atoms with E-state index in [1.807, 2.05) is 38.1 Å². The zero-order chi connectivity index (χ0) is 26.2. The summed E-state index contributed by atoms with van der Waals surface area (Å²) in [4.78, 5) is 38.1. The number of nitrogens with zero attached hydrogens (tertiary/aromatic N) is 1. The Morgan fingerprint density at radius 2 is 1.92 bits per heavy atom. The molecule has 8 nitrogen and oxygen atoms in total. The molecule has 2 atom stereocenters. The molecule has 0 aromatic heterocycles. The highest BCUT2D eigenvalue weighted by Crippen LogP contribution is 2.42. The van der Waals surface area contributed by atoms with E-state index in [0.717, 1.165) is 23.7 Å². The van der Waals surface area contributed by atoms with Gasteiger partial charge in [-0.05, 0) is 48.7 Å². The number of rotatable bonds is 9. The summed E-state index contributed by atoms with van der Waals surface area (Å²) in [6.45, 7) is 4.27. The Hall–Kier alpha value is -3.48. The van der Waals surface area contributed by atoms with Crippen LogP contribution in [-0.4, -0.2) is 37.3 Å². The first-order valence-corrected chi connectivity index (χ1v) is 12.7. The van der Waals surface area contributed by atoms with Gasteiger partial charge in [0.15, 0.2) is 0 Å². The molecule has 0 spiro atoms. The van der Waals surface area contributed by atoms with E-state index in [9.17, 15) is 19.6 Å². The van der Waals surface area contributed by atoms with Gasteiger partial charge in [-0.3, -0.25) is 14.4 Å². The summed E-state index contributed by atoms with van der Waals surface area (Å²) in [7, 11) is 1.18. The highest BCUT2D eigenvalue weighted by Gasteiger charge is 2.44. The maximum atomic E-state index is 13.0. The molecular formula is C26H26ClN3O5S. The number of hydrogen-bond acceptors (Lipinski definition) is 7. The molecule has 2 aromatic carbocycles. The third-order valence-electron chi connectivity index (χ3n) is 5.59. The zero-order valence-electron chi connectivity index (χ0n) is 20.1. The maximum absolute atomic E-state index is 13.0. The second kappa shape index (κ2) is 12.5. The van der Waals surface area contributed by atoms with Crippen molar-refractivity contribution in [1.29, 1.82) is 5.26 Å². The topological polar surface area (TPSA) is 118 Å². The van der Waals surface area contributed by atoms with Gasteiger partial charge in [-0.2, -0.15) is 5.26 Å². The molecule has 1 aliphatic rings. The fraction of sp³-hybridized carbons (Fsp3) is 0.308. The highest BCUT2D eigenvalue weighted by atomic mass is 35.5. The predicted molar refractivity (Wildman–Crippen MR) is 139 cm³/mol. The fourth-order valence-electron chi connectivity index (χ4n) is 3.82. The average molecular weight is 528 g/mol. The smallest absolute Gasteiger partial charge is 0.319 e. The van der Waals surface area contributed by atoms with E-state index in [2.05, 4.69) is 16.7 Å².